The van der Waals surface area contributed by atoms with Crippen molar-refractivity contribution < 1.29 is 24.5 Å². The second kappa shape index (κ2) is 16.2. The third kappa shape index (κ3) is 8.86. The van der Waals surface area contributed by atoms with Gasteiger partial charge < -0.3 is 40.1 Å². The van der Waals surface area contributed by atoms with E-state index in [0.29, 0.717) is 37.2 Å². The maximum Gasteiger partial charge on any atom is 0.161 e. The zero-order valence-electron chi connectivity index (χ0n) is 25.6. The quantitative estimate of drug-likeness (QED) is 0.117. The Hall–Kier alpha value is -2.78. The van der Waals surface area contributed by atoms with E-state index in [1.165, 1.54) is 31.2 Å². The van der Waals surface area contributed by atoms with Crippen LogP contribution in [0.4, 0.5) is 0 Å². The van der Waals surface area contributed by atoms with Crippen LogP contribution in [0.1, 0.15) is 98.2 Å². The van der Waals surface area contributed by atoms with Crippen molar-refractivity contribution in [2.45, 2.75) is 96.3 Å². The molecule has 0 unspecified atom stereocenters. The average Bonchev–Trinajstić information content (AvgIpc) is 3.76. The molecule has 8 nitrogen and oxygen atoms in total. The van der Waals surface area contributed by atoms with Crippen LogP contribution < -0.4 is 15.4 Å². The molecule has 3 atom stereocenters. The molecule has 1 aliphatic carbocycles. The number of hydrogen-bond acceptors (Lipinski definition) is 7. The molecule has 8 heteroatoms. The molecule has 0 amide bonds. The first-order valence-electron chi connectivity index (χ1n) is 15.8. The van der Waals surface area contributed by atoms with Crippen LogP contribution in [0, 0.1) is 5.92 Å². The van der Waals surface area contributed by atoms with Gasteiger partial charge in [0.2, 0.25) is 0 Å². The molecule has 0 saturated heterocycles. The van der Waals surface area contributed by atoms with Crippen LogP contribution in [0.2, 0.25) is 0 Å². The Morgan fingerprint density at radius 2 is 1.90 bits per heavy atom. The number of aryl methyl sites for hydroxylation is 3. The van der Waals surface area contributed by atoms with Crippen molar-refractivity contribution in [3.05, 3.63) is 70.4 Å². The third-order valence-corrected chi connectivity index (χ3v) is 8.62. The topological polar surface area (TPSA) is 123 Å². The van der Waals surface area contributed by atoms with E-state index in [-0.39, 0.29) is 24.5 Å². The summed E-state index contributed by atoms with van der Waals surface area (Å²) in [5.41, 5.74) is 4.27. The molecule has 42 heavy (non-hydrogen) atoms. The number of aliphatic hydroxyl groups excluding tert-OH is 2. The second-order valence-electron chi connectivity index (χ2n) is 11.9. The number of aliphatic hydroxyl groups is 2. The summed E-state index contributed by atoms with van der Waals surface area (Å²) >= 11 is 0. The predicted octanol–water partition coefficient (Wildman–Crippen LogP) is 5.52. The molecular weight excluding hydrogens is 530 g/mol. The number of aromatic nitrogens is 1. The lowest BCUT2D eigenvalue weighted by molar-refractivity contribution is 0.189. The minimum atomic E-state index is -0.357. The monoisotopic (exact) mass is 581 g/mol. The summed E-state index contributed by atoms with van der Waals surface area (Å²) in [4.78, 5) is 3.47. The first kappa shape index (κ1) is 32.1. The van der Waals surface area contributed by atoms with Crippen molar-refractivity contribution in [1.29, 1.82) is 0 Å². The highest BCUT2D eigenvalue weighted by Gasteiger charge is 2.28. The highest BCUT2D eigenvalue weighted by molar-refractivity contribution is 5.42. The molecular formula is C34H51N3O5. The zero-order chi connectivity index (χ0) is 29.9. The lowest BCUT2D eigenvalue weighted by atomic mass is 9.85. The molecule has 1 aromatic carbocycles. The summed E-state index contributed by atoms with van der Waals surface area (Å²) in [7, 11) is 1.92. The summed E-state index contributed by atoms with van der Waals surface area (Å²) in [6, 6.07) is 9.64. The number of nitrogens with one attached hydrogen (secondary N) is 3. The zero-order valence-corrected chi connectivity index (χ0v) is 25.6. The van der Waals surface area contributed by atoms with Crippen molar-refractivity contribution in [3.63, 3.8) is 0 Å². The van der Waals surface area contributed by atoms with Gasteiger partial charge >= 0.3 is 0 Å². The molecule has 2 heterocycles. The van der Waals surface area contributed by atoms with Crippen LogP contribution >= 0.6 is 0 Å². The highest BCUT2D eigenvalue weighted by atomic mass is 16.5. The van der Waals surface area contributed by atoms with E-state index < -0.39 is 0 Å². The minimum Gasteiger partial charge on any atom is -0.504 e. The Morgan fingerprint density at radius 1 is 1.10 bits per heavy atom. The van der Waals surface area contributed by atoms with E-state index in [1.807, 2.05) is 32.2 Å². The molecule has 1 saturated carbocycles. The molecule has 3 aromatic rings. The van der Waals surface area contributed by atoms with Gasteiger partial charge in [-0.25, -0.2) is 0 Å². The van der Waals surface area contributed by atoms with Gasteiger partial charge in [0, 0.05) is 49.3 Å². The van der Waals surface area contributed by atoms with E-state index >= 15 is 0 Å². The number of benzene rings is 1. The summed E-state index contributed by atoms with van der Waals surface area (Å²) in [5.74, 6) is 3.40. The maximum absolute atomic E-state index is 10.5. The first-order chi connectivity index (χ1) is 20.4. The Balaban J connectivity index is 1.37. The molecule has 1 aliphatic rings. The number of phenols is 1. The van der Waals surface area contributed by atoms with Crippen LogP contribution in [0.5, 0.6) is 11.5 Å². The number of rotatable bonds is 18. The largest absolute Gasteiger partial charge is 0.504 e. The summed E-state index contributed by atoms with van der Waals surface area (Å²) in [5, 5.41) is 36.7. The van der Waals surface area contributed by atoms with Gasteiger partial charge in [-0.3, -0.25) is 0 Å². The number of aromatic amines is 1. The SMILES string of the molecule is CCCCc1oc(CCc2ccc(O)c(OC[C@H](NC)c3cc([C@H](CNC[C@H](C)O)C4CCCC4)c[nH]3)c2)cc1CO. The Kier molecular flexibility index (Phi) is 12.4. The fraction of sp³-hybridized carbons (Fsp3) is 0.588. The van der Waals surface area contributed by atoms with E-state index in [4.69, 9.17) is 9.15 Å². The number of phenolic OH excluding ortho intramolecular Hbond substituents is 1. The minimum absolute atomic E-state index is 0.00417. The standard InChI is InChI=1S/C34H51N3O5/c1-4-5-10-33-27(21-38)16-28(42-33)13-11-24-12-14-32(40)34(15-24)41-22-31(35-3)30-17-26(19-37-30)29(20-36-18-23(2)39)25-8-6-7-9-25/h12,14-17,19,23,25,29,31,35-40H,4-11,13,18,20-22H2,1-3H3/t23-,29+,31-/m0/s1. The molecule has 232 valence electrons. The number of likely N-dealkylation sites (N-methyl/N-ethyl adjacent to an activating group) is 1. The normalized spacial score (nSPS) is 16.1. The van der Waals surface area contributed by atoms with Gasteiger partial charge in [0.1, 0.15) is 18.1 Å². The van der Waals surface area contributed by atoms with Gasteiger partial charge in [0.25, 0.3) is 0 Å². The molecule has 0 spiro atoms. The number of aromatic hydroxyl groups is 1. The fourth-order valence-electron chi connectivity index (χ4n) is 6.14. The molecule has 0 bridgehead atoms. The van der Waals surface area contributed by atoms with Crippen molar-refractivity contribution >= 4 is 0 Å². The fourth-order valence-corrected chi connectivity index (χ4v) is 6.14. The Morgan fingerprint density at radius 3 is 2.62 bits per heavy atom. The molecule has 0 radical (unpaired) electrons. The predicted molar refractivity (Wildman–Crippen MR) is 166 cm³/mol. The van der Waals surface area contributed by atoms with Crippen LogP contribution in [0.15, 0.2) is 40.9 Å². The van der Waals surface area contributed by atoms with Gasteiger partial charge in [-0.1, -0.05) is 32.3 Å². The van der Waals surface area contributed by atoms with Gasteiger partial charge in [0.15, 0.2) is 11.5 Å². The lowest BCUT2D eigenvalue weighted by Crippen LogP contribution is -2.31. The van der Waals surface area contributed by atoms with Crippen molar-refractivity contribution in [2.24, 2.45) is 5.92 Å². The molecule has 1 fully saturated rings. The molecule has 2 aromatic heterocycles. The number of hydrogen-bond donors (Lipinski definition) is 6. The van der Waals surface area contributed by atoms with E-state index in [0.717, 1.165) is 60.6 Å². The number of H-pyrrole nitrogens is 1. The van der Waals surface area contributed by atoms with Gasteiger partial charge in [0.05, 0.1) is 18.8 Å². The van der Waals surface area contributed by atoms with Crippen LogP contribution in [0.25, 0.3) is 0 Å². The van der Waals surface area contributed by atoms with E-state index in [9.17, 15) is 15.3 Å². The highest BCUT2D eigenvalue weighted by Crippen LogP contribution is 2.38. The van der Waals surface area contributed by atoms with E-state index in [2.05, 4.69) is 34.8 Å². The van der Waals surface area contributed by atoms with E-state index in [1.54, 1.807) is 6.07 Å². The van der Waals surface area contributed by atoms with Crippen LogP contribution in [-0.2, 0) is 25.9 Å². The summed E-state index contributed by atoms with van der Waals surface area (Å²) < 4.78 is 12.2. The Bertz CT molecular complexity index is 1210. The Labute approximate surface area is 250 Å². The molecule has 4 rings (SSSR count). The average molecular weight is 582 g/mol. The van der Waals surface area contributed by atoms with Crippen molar-refractivity contribution in [1.82, 2.24) is 15.6 Å². The van der Waals surface area contributed by atoms with Crippen LogP contribution in [-0.4, -0.2) is 53.2 Å². The second-order valence-corrected chi connectivity index (χ2v) is 11.9. The van der Waals surface area contributed by atoms with Crippen LogP contribution in [0.3, 0.4) is 0 Å². The smallest absolute Gasteiger partial charge is 0.161 e. The number of unbranched alkanes of at least 4 members (excludes halogenated alkanes) is 1. The molecule has 0 aliphatic heterocycles. The summed E-state index contributed by atoms with van der Waals surface area (Å²) in [6.45, 7) is 5.77. The van der Waals surface area contributed by atoms with Gasteiger partial charge in [-0.2, -0.15) is 0 Å². The number of furan rings is 1. The summed E-state index contributed by atoms with van der Waals surface area (Å²) in [6.07, 6.45) is 11.3. The first-order valence-corrected chi connectivity index (χ1v) is 15.8. The van der Waals surface area contributed by atoms with Crippen molar-refractivity contribution in [3.8, 4) is 11.5 Å². The lowest BCUT2D eigenvalue weighted by Gasteiger charge is -2.24. The van der Waals surface area contributed by atoms with Crippen molar-refractivity contribution in [2.75, 3.05) is 26.7 Å². The maximum atomic E-state index is 10.5. The molecule has 6 N–H and O–H groups in total. The third-order valence-electron chi connectivity index (χ3n) is 8.62. The van der Waals surface area contributed by atoms with Gasteiger partial charge in [-0.15, -0.1) is 0 Å². The number of ether oxygens (including phenoxy) is 1. The van der Waals surface area contributed by atoms with Gasteiger partial charge in [-0.05, 0) is 81.0 Å².